The van der Waals surface area contributed by atoms with Gasteiger partial charge in [-0.1, -0.05) is 13.8 Å². The zero-order valence-corrected chi connectivity index (χ0v) is 12.6. The van der Waals surface area contributed by atoms with E-state index in [4.69, 9.17) is 10.5 Å². The minimum atomic E-state index is 0.186. The number of pyridine rings is 1. The molecule has 0 atom stereocenters. The topological polar surface area (TPSA) is 73.9 Å². The maximum absolute atomic E-state index is 5.89. The van der Waals surface area contributed by atoms with E-state index in [9.17, 15) is 0 Å². The van der Waals surface area contributed by atoms with Gasteiger partial charge in [0, 0.05) is 16.6 Å². The average molecular weight is 323 g/mol. The summed E-state index contributed by atoms with van der Waals surface area (Å²) in [4.78, 5) is 12.7. The molecule has 0 radical (unpaired) electrons. The lowest BCUT2D eigenvalue weighted by molar-refractivity contribution is 0.451. The monoisotopic (exact) mass is 322 g/mol. The van der Waals surface area contributed by atoms with Gasteiger partial charge in [-0.2, -0.15) is 4.98 Å². The van der Waals surface area contributed by atoms with Crippen LogP contribution in [0.2, 0.25) is 0 Å². The van der Waals surface area contributed by atoms with Crippen molar-refractivity contribution < 1.29 is 4.74 Å². The highest BCUT2D eigenvalue weighted by Crippen LogP contribution is 2.28. The molecule has 0 aliphatic carbocycles. The van der Waals surface area contributed by atoms with Crippen molar-refractivity contribution in [2.45, 2.75) is 26.7 Å². The predicted molar refractivity (Wildman–Crippen MR) is 77.3 cm³/mol. The molecule has 2 rings (SSSR count). The minimum Gasteiger partial charge on any atom is -0.437 e. The SMILES string of the molecule is Cc1c(N)nc(C(C)C)nc1Oc1cncc(Br)c1. The van der Waals surface area contributed by atoms with Crippen LogP contribution in [-0.4, -0.2) is 15.0 Å². The zero-order chi connectivity index (χ0) is 14.0. The van der Waals surface area contributed by atoms with Crippen LogP contribution in [0.5, 0.6) is 11.6 Å². The highest BCUT2D eigenvalue weighted by atomic mass is 79.9. The number of ether oxygens (including phenoxy) is 1. The van der Waals surface area contributed by atoms with E-state index >= 15 is 0 Å². The Balaban J connectivity index is 2.39. The summed E-state index contributed by atoms with van der Waals surface area (Å²) in [7, 11) is 0. The van der Waals surface area contributed by atoms with Crippen LogP contribution in [0.3, 0.4) is 0 Å². The normalized spacial score (nSPS) is 10.8. The number of rotatable bonds is 3. The van der Waals surface area contributed by atoms with Crippen LogP contribution in [0, 0.1) is 6.92 Å². The fourth-order valence-corrected chi connectivity index (χ4v) is 1.79. The van der Waals surface area contributed by atoms with E-state index < -0.39 is 0 Å². The molecule has 0 fully saturated rings. The lowest BCUT2D eigenvalue weighted by atomic mass is 10.2. The minimum absolute atomic E-state index is 0.186. The molecule has 0 aromatic carbocycles. The van der Waals surface area contributed by atoms with Crippen LogP contribution < -0.4 is 10.5 Å². The van der Waals surface area contributed by atoms with Gasteiger partial charge in [-0.3, -0.25) is 4.98 Å². The van der Waals surface area contributed by atoms with Crippen molar-refractivity contribution in [3.05, 3.63) is 34.3 Å². The Morgan fingerprint density at radius 2 is 2.00 bits per heavy atom. The first-order valence-electron chi connectivity index (χ1n) is 5.89. The molecule has 19 heavy (non-hydrogen) atoms. The largest absolute Gasteiger partial charge is 0.437 e. The third kappa shape index (κ3) is 3.20. The Labute approximate surface area is 120 Å². The average Bonchev–Trinajstić information content (AvgIpc) is 2.34. The summed E-state index contributed by atoms with van der Waals surface area (Å²) in [5, 5.41) is 0. The fourth-order valence-electron chi connectivity index (χ4n) is 1.45. The summed E-state index contributed by atoms with van der Waals surface area (Å²) in [6.45, 7) is 5.85. The molecule has 0 aliphatic heterocycles. The van der Waals surface area contributed by atoms with E-state index in [-0.39, 0.29) is 5.92 Å². The van der Waals surface area contributed by atoms with Gasteiger partial charge < -0.3 is 10.5 Å². The Bertz CT molecular complexity index is 601. The van der Waals surface area contributed by atoms with E-state index in [1.807, 2.05) is 26.8 Å². The summed E-state index contributed by atoms with van der Waals surface area (Å²) >= 11 is 3.35. The van der Waals surface area contributed by atoms with Crippen molar-refractivity contribution in [1.29, 1.82) is 0 Å². The summed E-state index contributed by atoms with van der Waals surface area (Å²) in [6, 6.07) is 1.82. The number of aromatic nitrogens is 3. The second-order valence-electron chi connectivity index (χ2n) is 4.49. The van der Waals surface area contributed by atoms with Crippen molar-refractivity contribution in [3.8, 4) is 11.6 Å². The highest BCUT2D eigenvalue weighted by molar-refractivity contribution is 9.10. The number of halogens is 1. The van der Waals surface area contributed by atoms with E-state index in [1.54, 1.807) is 12.4 Å². The molecular weight excluding hydrogens is 308 g/mol. The van der Waals surface area contributed by atoms with Crippen molar-refractivity contribution in [2.24, 2.45) is 0 Å². The van der Waals surface area contributed by atoms with E-state index in [1.165, 1.54) is 0 Å². The highest BCUT2D eigenvalue weighted by Gasteiger charge is 2.13. The third-order valence-electron chi connectivity index (χ3n) is 2.57. The molecule has 2 N–H and O–H groups in total. The second kappa shape index (κ2) is 5.52. The van der Waals surface area contributed by atoms with Crippen LogP contribution in [0.25, 0.3) is 0 Å². The smallest absolute Gasteiger partial charge is 0.227 e. The van der Waals surface area contributed by atoms with Gasteiger partial charge in [0.05, 0.1) is 11.8 Å². The molecule has 2 heterocycles. The lowest BCUT2D eigenvalue weighted by Gasteiger charge is -2.12. The van der Waals surface area contributed by atoms with E-state index in [2.05, 4.69) is 30.9 Å². The van der Waals surface area contributed by atoms with Crippen LogP contribution in [0.1, 0.15) is 31.2 Å². The Kier molecular flexibility index (Phi) is 3.99. The number of nitrogen functional groups attached to an aromatic ring is 1. The molecule has 2 aromatic heterocycles. The van der Waals surface area contributed by atoms with Gasteiger partial charge in [0.2, 0.25) is 5.88 Å². The number of nitrogens with two attached hydrogens (primary N) is 1. The van der Waals surface area contributed by atoms with Crippen LogP contribution in [0.15, 0.2) is 22.9 Å². The Morgan fingerprint density at radius 1 is 1.26 bits per heavy atom. The van der Waals surface area contributed by atoms with Crippen LogP contribution in [0.4, 0.5) is 5.82 Å². The molecule has 5 nitrogen and oxygen atoms in total. The van der Waals surface area contributed by atoms with E-state index in [0.717, 1.165) is 10.0 Å². The summed E-state index contributed by atoms with van der Waals surface area (Å²) < 4.78 is 6.58. The molecule has 0 aliphatic rings. The molecule has 0 saturated carbocycles. The zero-order valence-electron chi connectivity index (χ0n) is 11.0. The molecule has 0 amide bonds. The van der Waals surface area contributed by atoms with Crippen molar-refractivity contribution in [3.63, 3.8) is 0 Å². The molecule has 0 unspecified atom stereocenters. The molecular formula is C13H15BrN4O. The first-order chi connectivity index (χ1) is 8.97. The van der Waals surface area contributed by atoms with E-state index in [0.29, 0.717) is 23.3 Å². The molecule has 6 heteroatoms. The number of hydrogen-bond acceptors (Lipinski definition) is 5. The van der Waals surface area contributed by atoms with Gasteiger partial charge in [0.15, 0.2) is 0 Å². The van der Waals surface area contributed by atoms with Gasteiger partial charge in [0.25, 0.3) is 0 Å². The standard InChI is InChI=1S/C13H15BrN4O/c1-7(2)12-17-11(15)8(3)13(18-12)19-10-4-9(14)5-16-6-10/h4-7H,1-3H3,(H2,15,17,18). The maximum Gasteiger partial charge on any atom is 0.227 e. The first kappa shape index (κ1) is 13.7. The number of nitrogens with zero attached hydrogens (tertiary/aromatic N) is 3. The third-order valence-corrected chi connectivity index (χ3v) is 3.00. The summed E-state index contributed by atoms with van der Waals surface area (Å²) in [5.41, 5.74) is 6.61. The van der Waals surface area contributed by atoms with Gasteiger partial charge in [0.1, 0.15) is 17.4 Å². The second-order valence-corrected chi connectivity index (χ2v) is 5.41. The van der Waals surface area contributed by atoms with Crippen molar-refractivity contribution in [2.75, 3.05) is 5.73 Å². The molecule has 100 valence electrons. The first-order valence-corrected chi connectivity index (χ1v) is 6.69. The molecule has 0 bridgehead atoms. The maximum atomic E-state index is 5.89. The quantitative estimate of drug-likeness (QED) is 0.936. The summed E-state index contributed by atoms with van der Waals surface area (Å²) in [5.74, 6) is 2.37. The van der Waals surface area contributed by atoms with Gasteiger partial charge >= 0.3 is 0 Å². The Hall–Kier alpha value is -1.69. The predicted octanol–water partition coefficient (Wildman–Crippen LogP) is 3.44. The van der Waals surface area contributed by atoms with Crippen molar-refractivity contribution >= 4 is 21.7 Å². The van der Waals surface area contributed by atoms with Gasteiger partial charge in [-0.25, -0.2) is 4.98 Å². The molecule has 0 saturated heterocycles. The van der Waals surface area contributed by atoms with Crippen LogP contribution >= 0.6 is 15.9 Å². The van der Waals surface area contributed by atoms with Gasteiger partial charge in [-0.15, -0.1) is 0 Å². The molecule has 2 aromatic rings. The number of anilines is 1. The fraction of sp³-hybridized carbons (Fsp3) is 0.308. The van der Waals surface area contributed by atoms with Gasteiger partial charge in [-0.05, 0) is 28.9 Å². The van der Waals surface area contributed by atoms with Crippen molar-refractivity contribution in [1.82, 2.24) is 15.0 Å². The lowest BCUT2D eigenvalue weighted by Crippen LogP contribution is -2.06. The van der Waals surface area contributed by atoms with Crippen LogP contribution in [-0.2, 0) is 0 Å². The summed E-state index contributed by atoms with van der Waals surface area (Å²) in [6.07, 6.45) is 3.31. The Morgan fingerprint density at radius 3 is 2.63 bits per heavy atom. The molecule has 0 spiro atoms. The number of hydrogen-bond donors (Lipinski definition) is 1.